The Kier molecular flexibility index (Phi) is 6.01. The molecule has 28 heavy (non-hydrogen) atoms. The average molecular weight is 376 g/mol. The number of nitro benzene ring substituents is 1. The minimum atomic E-state index is -0.475. The van der Waals surface area contributed by atoms with E-state index in [0.29, 0.717) is 11.4 Å². The van der Waals surface area contributed by atoms with Crippen LogP contribution in [0, 0.1) is 17.0 Å². The van der Waals surface area contributed by atoms with E-state index in [1.807, 2.05) is 49.4 Å². The summed E-state index contributed by atoms with van der Waals surface area (Å²) in [6, 6.07) is 22.9. The fraction of sp³-hybridized carbons (Fsp3) is 0.136. The highest BCUT2D eigenvalue weighted by Gasteiger charge is 2.19. The summed E-state index contributed by atoms with van der Waals surface area (Å²) < 4.78 is 5.62. The normalized spacial score (nSPS) is 10.3. The molecule has 0 fully saturated rings. The molecule has 0 heterocycles. The molecule has 0 radical (unpaired) electrons. The average Bonchev–Trinajstić information content (AvgIpc) is 2.72. The molecule has 3 rings (SSSR count). The van der Waals surface area contributed by atoms with E-state index in [0.717, 1.165) is 11.1 Å². The zero-order valence-corrected chi connectivity index (χ0v) is 15.4. The third-order valence-corrected chi connectivity index (χ3v) is 4.22. The molecule has 0 atom stereocenters. The van der Waals surface area contributed by atoms with Crippen LogP contribution in [-0.2, 0) is 11.3 Å². The largest absolute Gasteiger partial charge is 0.484 e. The van der Waals surface area contributed by atoms with Crippen molar-refractivity contribution in [2.45, 2.75) is 13.5 Å². The number of hydrogen-bond acceptors (Lipinski definition) is 4. The Morgan fingerprint density at radius 1 is 1.00 bits per heavy atom. The number of amides is 1. The number of nitro groups is 1. The van der Waals surface area contributed by atoms with Crippen LogP contribution in [0.15, 0.2) is 78.9 Å². The Balaban J connectivity index is 1.82. The zero-order chi connectivity index (χ0) is 19.9. The second kappa shape index (κ2) is 8.81. The van der Waals surface area contributed by atoms with E-state index in [1.54, 1.807) is 24.3 Å². The molecule has 6 nitrogen and oxygen atoms in total. The lowest BCUT2D eigenvalue weighted by molar-refractivity contribution is -0.384. The fourth-order valence-corrected chi connectivity index (χ4v) is 2.72. The van der Waals surface area contributed by atoms with Crippen molar-refractivity contribution >= 4 is 17.3 Å². The lowest BCUT2D eigenvalue weighted by Crippen LogP contribution is -2.34. The smallest absolute Gasteiger partial charge is 0.271 e. The highest BCUT2D eigenvalue weighted by Crippen LogP contribution is 2.23. The van der Waals surface area contributed by atoms with Gasteiger partial charge in [0.05, 0.1) is 17.2 Å². The maximum Gasteiger partial charge on any atom is 0.271 e. The first-order valence-electron chi connectivity index (χ1n) is 8.81. The van der Waals surface area contributed by atoms with Gasteiger partial charge in [-0.25, -0.2) is 0 Å². The number of anilines is 1. The Labute approximate surface area is 163 Å². The summed E-state index contributed by atoms with van der Waals surface area (Å²) in [4.78, 5) is 25.0. The van der Waals surface area contributed by atoms with E-state index in [2.05, 4.69) is 0 Å². The third-order valence-electron chi connectivity index (χ3n) is 4.22. The van der Waals surface area contributed by atoms with Gasteiger partial charge in [-0.15, -0.1) is 0 Å². The van der Waals surface area contributed by atoms with Crippen molar-refractivity contribution in [1.29, 1.82) is 0 Å². The van der Waals surface area contributed by atoms with Crippen molar-refractivity contribution in [3.05, 3.63) is 100 Å². The lowest BCUT2D eigenvalue weighted by Gasteiger charge is -2.23. The summed E-state index contributed by atoms with van der Waals surface area (Å²) in [6.07, 6.45) is 0. The quantitative estimate of drug-likeness (QED) is 0.449. The number of rotatable bonds is 7. The predicted octanol–water partition coefficient (Wildman–Crippen LogP) is 4.52. The van der Waals surface area contributed by atoms with Gasteiger partial charge in [0.25, 0.3) is 11.6 Å². The molecule has 6 heteroatoms. The molecular formula is C22H20N2O4. The van der Waals surface area contributed by atoms with Gasteiger partial charge in [0.2, 0.25) is 0 Å². The summed E-state index contributed by atoms with van der Waals surface area (Å²) in [5, 5.41) is 11.1. The molecular weight excluding hydrogens is 356 g/mol. The van der Waals surface area contributed by atoms with Gasteiger partial charge in [-0.3, -0.25) is 14.9 Å². The molecule has 0 spiro atoms. The molecule has 0 unspecified atom stereocenters. The van der Waals surface area contributed by atoms with Crippen LogP contribution < -0.4 is 9.64 Å². The molecule has 0 aliphatic rings. The van der Waals surface area contributed by atoms with Crippen molar-refractivity contribution in [2.24, 2.45) is 0 Å². The van der Waals surface area contributed by atoms with E-state index in [1.165, 1.54) is 17.0 Å². The van der Waals surface area contributed by atoms with Gasteiger partial charge in [0.15, 0.2) is 6.61 Å². The van der Waals surface area contributed by atoms with Gasteiger partial charge in [0, 0.05) is 12.1 Å². The molecule has 0 saturated carbocycles. The molecule has 0 aliphatic heterocycles. The van der Waals surface area contributed by atoms with E-state index in [4.69, 9.17) is 4.74 Å². The minimum Gasteiger partial charge on any atom is -0.484 e. The second-order valence-electron chi connectivity index (χ2n) is 6.34. The van der Waals surface area contributed by atoms with Crippen molar-refractivity contribution in [2.75, 3.05) is 11.5 Å². The third kappa shape index (κ3) is 4.94. The molecule has 0 N–H and O–H groups in total. The fourth-order valence-electron chi connectivity index (χ4n) is 2.72. The van der Waals surface area contributed by atoms with Gasteiger partial charge >= 0.3 is 0 Å². The molecule has 3 aromatic carbocycles. The Morgan fingerprint density at radius 2 is 1.71 bits per heavy atom. The molecule has 0 aliphatic carbocycles. The SMILES string of the molecule is Cc1ccc(OCC(=O)N(Cc2ccccc2)c2cccc([N+](=O)[O-])c2)cc1. The number of carbonyl (C=O) groups excluding carboxylic acids is 1. The van der Waals surface area contributed by atoms with Crippen LogP contribution in [0.4, 0.5) is 11.4 Å². The number of non-ortho nitro benzene ring substituents is 1. The molecule has 142 valence electrons. The molecule has 0 saturated heterocycles. The van der Waals surface area contributed by atoms with Crippen LogP contribution >= 0.6 is 0 Å². The first-order valence-corrected chi connectivity index (χ1v) is 8.81. The first-order chi connectivity index (χ1) is 13.5. The molecule has 3 aromatic rings. The summed E-state index contributed by atoms with van der Waals surface area (Å²) in [5.74, 6) is 0.308. The van der Waals surface area contributed by atoms with E-state index >= 15 is 0 Å². The van der Waals surface area contributed by atoms with E-state index < -0.39 is 4.92 Å². The van der Waals surface area contributed by atoms with Gasteiger partial charge in [-0.2, -0.15) is 0 Å². The molecule has 1 amide bonds. The topological polar surface area (TPSA) is 72.7 Å². The maximum absolute atomic E-state index is 12.9. The number of ether oxygens (including phenoxy) is 1. The highest BCUT2D eigenvalue weighted by molar-refractivity contribution is 5.94. The Morgan fingerprint density at radius 3 is 2.39 bits per heavy atom. The summed E-state index contributed by atoms with van der Waals surface area (Å²) >= 11 is 0. The van der Waals surface area contributed by atoms with Crippen LogP contribution in [0.2, 0.25) is 0 Å². The number of nitrogens with zero attached hydrogens (tertiary/aromatic N) is 2. The van der Waals surface area contributed by atoms with Gasteiger partial charge in [0.1, 0.15) is 5.75 Å². The maximum atomic E-state index is 12.9. The summed E-state index contributed by atoms with van der Waals surface area (Å²) in [7, 11) is 0. The van der Waals surface area contributed by atoms with Crippen LogP contribution in [0.5, 0.6) is 5.75 Å². The number of aryl methyl sites for hydroxylation is 1. The zero-order valence-electron chi connectivity index (χ0n) is 15.4. The van der Waals surface area contributed by atoms with Crippen LogP contribution in [-0.4, -0.2) is 17.4 Å². The van der Waals surface area contributed by atoms with Gasteiger partial charge in [-0.05, 0) is 30.7 Å². The summed E-state index contributed by atoms with van der Waals surface area (Å²) in [5.41, 5.74) is 2.40. The Hall–Kier alpha value is -3.67. The number of benzene rings is 3. The van der Waals surface area contributed by atoms with Crippen molar-refractivity contribution in [1.82, 2.24) is 0 Å². The van der Waals surface area contributed by atoms with E-state index in [-0.39, 0.29) is 24.7 Å². The number of hydrogen-bond donors (Lipinski definition) is 0. The summed E-state index contributed by atoms with van der Waals surface area (Å²) in [6.45, 7) is 2.09. The molecule has 0 bridgehead atoms. The van der Waals surface area contributed by atoms with Crippen molar-refractivity contribution < 1.29 is 14.5 Å². The minimum absolute atomic E-state index is 0.0668. The monoisotopic (exact) mass is 376 g/mol. The van der Waals surface area contributed by atoms with Crippen molar-refractivity contribution in [3.8, 4) is 5.75 Å². The highest BCUT2D eigenvalue weighted by atomic mass is 16.6. The first kappa shape index (κ1) is 19.1. The van der Waals surface area contributed by atoms with E-state index in [9.17, 15) is 14.9 Å². The predicted molar refractivity (Wildman–Crippen MR) is 107 cm³/mol. The second-order valence-corrected chi connectivity index (χ2v) is 6.34. The van der Waals surface area contributed by atoms with Gasteiger partial charge in [-0.1, -0.05) is 54.1 Å². The Bertz CT molecular complexity index is 956. The lowest BCUT2D eigenvalue weighted by atomic mass is 10.2. The standard InChI is InChI=1S/C22H20N2O4/c1-17-10-12-21(13-11-17)28-16-22(25)23(15-18-6-3-2-4-7-18)19-8-5-9-20(14-19)24(26)27/h2-14H,15-16H2,1H3. The van der Waals surface area contributed by atoms with Crippen LogP contribution in [0.25, 0.3) is 0 Å². The number of carbonyl (C=O) groups is 1. The van der Waals surface area contributed by atoms with Crippen LogP contribution in [0.3, 0.4) is 0 Å². The van der Waals surface area contributed by atoms with Crippen molar-refractivity contribution in [3.63, 3.8) is 0 Å². The van der Waals surface area contributed by atoms with Gasteiger partial charge < -0.3 is 9.64 Å². The van der Waals surface area contributed by atoms with Crippen LogP contribution in [0.1, 0.15) is 11.1 Å². The molecule has 0 aromatic heterocycles.